The number of urea groups is 1. The molecule has 1 atom stereocenters. The van der Waals surface area contributed by atoms with Gasteiger partial charge in [0.1, 0.15) is 12.4 Å². The molecule has 4 rings (SSSR count). The van der Waals surface area contributed by atoms with Crippen molar-refractivity contribution in [3.8, 4) is 0 Å². The van der Waals surface area contributed by atoms with E-state index in [1.807, 2.05) is 0 Å². The number of benzene rings is 1. The summed E-state index contributed by atoms with van der Waals surface area (Å²) in [4.78, 5) is 53.5. The zero-order valence-electron chi connectivity index (χ0n) is 16.0. The first kappa shape index (κ1) is 19.4. The standard InChI is InChI=1S/C20H23FN4O4/c21-15-4-2-14(3-5-15)11-23-8-1-6-20(18(23)28)7-9-24(13-20)17(27)12-25-16(26)10-22-19(25)29/h2-5H,1,6-13H2,(H,22,29)/t20-/m0/s1. The summed E-state index contributed by atoms with van der Waals surface area (Å²) in [6, 6.07) is 5.55. The van der Waals surface area contributed by atoms with Crippen LogP contribution in [0.1, 0.15) is 24.8 Å². The van der Waals surface area contributed by atoms with E-state index in [-0.39, 0.29) is 30.7 Å². The summed E-state index contributed by atoms with van der Waals surface area (Å²) in [6.45, 7) is 1.39. The average Bonchev–Trinajstić information content (AvgIpc) is 3.27. The molecule has 154 valence electrons. The molecule has 29 heavy (non-hydrogen) atoms. The van der Waals surface area contributed by atoms with Gasteiger partial charge in [-0.05, 0) is 37.0 Å². The van der Waals surface area contributed by atoms with Crippen LogP contribution in [0.3, 0.4) is 0 Å². The number of hydrogen-bond acceptors (Lipinski definition) is 4. The third-order valence-electron chi connectivity index (χ3n) is 6.05. The highest BCUT2D eigenvalue weighted by Gasteiger charge is 2.49. The van der Waals surface area contributed by atoms with Crippen molar-refractivity contribution >= 4 is 23.8 Å². The van der Waals surface area contributed by atoms with E-state index in [1.165, 1.54) is 12.1 Å². The monoisotopic (exact) mass is 402 g/mol. The molecule has 3 aliphatic heterocycles. The minimum absolute atomic E-state index is 0.0124. The third kappa shape index (κ3) is 3.68. The van der Waals surface area contributed by atoms with E-state index >= 15 is 0 Å². The predicted octanol–water partition coefficient (Wildman–Crippen LogP) is 0.719. The lowest BCUT2D eigenvalue weighted by atomic mass is 9.78. The number of hydrogen-bond donors (Lipinski definition) is 1. The normalized spacial score (nSPS) is 24.6. The number of nitrogens with zero attached hydrogens (tertiary/aromatic N) is 3. The Morgan fingerprint density at radius 1 is 1.10 bits per heavy atom. The quantitative estimate of drug-likeness (QED) is 0.752. The van der Waals surface area contributed by atoms with Crippen LogP contribution in [0.15, 0.2) is 24.3 Å². The summed E-state index contributed by atoms with van der Waals surface area (Å²) in [5.74, 6) is -1.05. The van der Waals surface area contributed by atoms with Crippen LogP contribution in [0.5, 0.6) is 0 Å². The van der Waals surface area contributed by atoms with Gasteiger partial charge in [0.05, 0.1) is 12.0 Å². The Morgan fingerprint density at radius 2 is 1.86 bits per heavy atom. The summed E-state index contributed by atoms with van der Waals surface area (Å²) in [6.07, 6.45) is 2.11. The fraction of sp³-hybridized carbons (Fsp3) is 0.500. The van der Waals surface area contributed by atoms with E-state index in [2.05, 4.69) is 5.32 Å². The first-order chi connectivity index (χ1) is 13.9. The van der Waals surface area contributed by atoms with Gasteiger partial charge < -0.3 is 15.1 Å². The van der Waals surface area contributed by atoms with Crippen LogP contribution in [0, 0.1) is 11.2 Å². The highest BCUT2D eigenvalue weighted by Crippen LogP contribution is 2.40. The molecule has 0 aromatic heterocycles. The van der Waals surface area contributed by atoms with Gasteiger partial charge in [-0.2, -0.15) is 0 Å². The van der Waals surface area contributed by atoms with Gasteiger partial charge >= 0.3 is 6.03 Å². The summed E-state index contributed by atoms with van der Waals surface area (Å²) in [5.41, 5.74) is 0.242. The summed E-state index contributed by atoms with van der Waals surface area (Å²) < 4.78 is 13.1. The average molecular weight is 402 g/mol. The lowest BCUT2D eigenvalue weighted by Gasteiger charge is -2.39. The van der Waals surface area contributed by atoms with Crippen LogP contribution in [0.2, 0.25) is 0 Å². The van der Waals surface area contributed by atoms with Gasteiger partial charge in [-0.15, -0.1) is 0 Å². The Balaban J connectivity index is 1.41. The largest absolute Gasteiger partial charge is 0.340 e. The molecular formula is C20H23FN4O4. The molecule has 9 heteroatoms. The molecule has 1 aromatic carbocycles. The maximum absolute atomic E-state index is 13.2. The Kier molecular flexibility index (Phi) is 4.97. The molecule has 3 aliphatic rings. The van der Waals surface area contributed by atoms with E-state index in [0.29, 0.717) is 39.0 Å². The van der Waals surface area contributed by atoms with Gasteiger partial charge in [-0.25, -0.2) is 9.18 Å². The van der Waals surface area contributed by atoms with Crippen molar-refractivity contribution in [1.82, 2.24) is 20.0 Å². The molecule has 1 spiro atoms. The van der Waals surface area contributed by atoms with Crippen LogP contribution < -0.4 is 5.32 Å². The van der Waals surface area contributed by atoms with Gasteiger partial charge in [0.15, 0.2) is 0 Å². The smallest absolute Gasteiger partial charge is 0.325 e. The van der Waals surface area contributed by atoms with Gasteiger partial charge in [0.2, 0.25) is 11.8 Å². The summed E-state index contributed by atoms with van der Waals surface area (Å²) in [5, 5.41) is 2.39. The highest BCUT2D eigenvalue weighted by molar-refractivity contribution is 6.04. The molecule has 3 fully saturated rings. The van der Waals surface area contributed by atoms with Crippen molar-refractivity contribution in [2.24, 2.45) is 5.41 Å². The summed E-state index contributed by atoms with van der Waals surface area (Å²) >= 11 is 0. The van der Waals surface area contributed by atoms with E-state index in [4.69, 9.17) is 0 Å². The summed E-state index contributed by atoms with van der Waals surface area (Å²) in [7, 11) is 0. The molecule has 0 aliphatic carbocycles. The topological polar surface area (TPSA) is 90.0 Å². The molecule has 5 amide bonds. The molecule has 0 saturated carbocycles. The van der Waals surface area contributed by atoms with E-state index in [0.717, 1.165) is 16.9 Å². The maximum Gasteiger partial charge on any atom is 0.325 e. The number of likely N-dealkylation sites (tertiary alicyclic amines) is 2. The van der Waals surface area contributed by atoms with Crippen molar-refractivity contribution in [3.63, 3.8) is 0 Å². The number of nitrogens with one attached hydrogen (secondary N) is 1. The number of imide groups is 1. The van der Waals surface area contributed by atoms with Gasteiger partial charge in [-0.1, -0.05) is 12.1 Å². The zero-order valence-corrected chi connectivity index (χ0v) is 16.0. The SMILES string of the molecule is O=C(CN1C(=O)CNC1=O)N1CC[C@@]2(CCCN(Cc3ccc(F)cc3)C2=O)C1. The fourth-order valence-corrected chi connectivity index (χ4v) is 4.43. The molecular weight excluding hydrogens is 379 g/mol. The van der Waals surface area contributed by atoms with Gasteiger partial charge in [0.25, 0.3) is 5.91 Å². The molecule has 1 aromatic rings. The van der Waals surface area contributed by atoms with Crippen LogP contribution >= 0.6 is 0 Å². The van der Waals surface area contributed by atoms with Crippen LogP contribution in [-0.4, -0.2) is 71.2 Å². The first-order valence-corrected chi connectivity index (χ1v) is 9.78. The van der Waals surface area contributed by atoms with E-state index < -0.39 is 17.4 Å². The molecule has 0 bridgehead atoms. The van der Waals surface area contributed by atoms with E-state index in [1.54, 1.807) is 21.9 Å². The third-order valence-corrected chi connectivity index (χ3v) is 6.05. The molecule has 0 unspecified atom stereocenters. The van der Waals surface area contributed by atoms with Crippen LogP contribution in [0.25, 0.3) is 0 Å². The van der Waals surface area contributed by atoms with Gasteiger partial charge in [0, 0.05) is 26.2 Å². The predicted molar refractivity (Wildman–Crippen MR) is 99.8 cm³/mol. The molecule has 8 nitrogen and oxygen atoms in total. The Morgan fingerprint density at radius 3 is 2.55 bits per heavy atom. The molecule has 3 saturated heterocycles. The van der Waals surface area contributed by atoms with Crippen molar-refractivity contribution < 1.29 is 23.6 Å². The minimum atomic E-state index is -0.620. The highest BCUT2D eigenvalue weighted by atomic mass is 19.1. The van der Waals surface area contributed by atoms with Crippen molar-refractivity contribution in [2.45, 2.75) is 25.8 Å². The Hall–Kier alpha value is -2.97. The zero-order chi connectivity index (χ0) is 20.6. The van der Waals surface area contributed by atoms with Crippen molar-refractivity contribution in [3.05, 3.63) is 35.6 Å². The Labute approximate surface area is 167 Å². The first-order valence-electron chi connectivity index (χ1n) is 9.78. The lowest BCUT2D eigenvalue weighted by molar-refractivity contribution is -0.147. The molecule has 1 N–H and O–H groups in total. The van der Waals surface area contributed by atoms with Crippen molar-refractivity contribution in [2.75, 3.05) is 32.7 Å². The minimum Gasteiger partial charge on any atom is -0.340 e. The Bertz CT molecular complexity index is 843. The number of rotatable bonds is 4. The second-order valence-electron chi connectivity index (χ2n) is 7.94. The number of amides is 5. The van der Waals surface area contributed by atoms with Crippen molar-refractivity contribution in [1.29, 1.82) is 0 Å². The van der Waals surface area contributed by atoms with Gasteiger partial charge in [-0.3, -0.25) is 19.3 Å². The second-order valence-corrected chi connectivity index (χ2v) is 7.94. The molecule has 0 radical (unpaired) electrons. The maximum atomic E-state index is 13.2. The molecule has 3 heterocycles. The fourth-order valence-electron chi connectivity index (χ4n) is 4.43. The van der Waals surface area contributed by atoms with Crippen LogP contribution in [-0.2, 0) is 20.9 Å². The number of halogens is 1. The van der Waals surface area contributed by atoms with E-state index in [9.17, 15) is 23.6 Å². The second kappa shape index (κ2) is 7.46. The van der Waals surface area contributed by atoms with Crippen LogP contribution in [0.4, 0.5) is 9.18 Å². The number of carbonyl (C=O) groups is 4. The lowest BCUT2D eigenvalue weighted by Crippen LogP contribution is -2.50. The number of carbonyl (C=O) groups excluding carboxylic acids is 4. The number of piperidine rings is 1.